The highest BCUT2D eigenvalue weighted by atomic mass is 16.3. The Bertz CT molecular complexity index is 241. The molecule has 0 aliphatic heterocycles. The minimum absolute atomic E-state index is 0.131. The van der Waals surface area contributed by atoms with Gasteiger partial charge in [-0.3, -0.25) is 0 Å². The van der Waals surface area contributed by atoms with Crippen molar-refractivity contribution < 1.29 is 15.3 Å². The van der Waals surface area contributed by atoms with Crippen LogP contribution in [0.5, 0.6) is 0 Å². The predicted molar refractivity (Wildman–Crippen MR) is 98.5 cm³/mol. The SMILES string of the molecule is C=CCCCCCCCCCCCCCCC(CO)(CO)CO. The van der Waals surface area contributed by atoms with E-state index in [1.807, 2.05) is 6.08 Å². The Kier molecular flexibility index (Phi) is 16.2. The van der Waals surface area contributed by atoms with E-state index in [2.05, 4.69) is 6.58 Å². The summed E-state index contributed by atoms with van der Waals surface area (Å²) in [6.45, 7) is 3.35. The first-order valence-electron chi connectivity index (χ1n) is 9.68. The predicted octanol–water partition coefficient (Wildman–Crippen LogP) is 4.60. The Hall–Kier alpha value is -0.380. The van der Waals surface area contributed by atoms with Crippen molar-refractivity contribution >= 4 is 0 Å². The van der Waals surface area contributed by atoms with Crippen molar-refractivity contribution in [3.05, 3.63) is 12.7 Å². The fraction of sp³-hybridized carbons (Fsp3) is 0.900. The molecular formula is C20H40O3. The molecule has 3 N–H and O–H groups in total. The second kappa shape index (κ2) is 16.5. The first-order valence-corrected chi connectivity index (χ1v) is 9.68. The van der Waals surface area contributed by atoms with Crippen LogP contribution < -0.4 is 0 Å². The summed E-state index contributed by atoms with van der Waals surface area (Å²) in [5.74, 6) is 0. The first kappa shape index (κ1) is 22.6. The van der Waals surface area contributed by atoms with Crippen molar-refractivity contribution in [1.82, 2.24) is 0 Å². The first-order chi connectivity index (χ1) is 11.2. The van der Waals surface area contributed by atoms with E-state index in [1.165, 1.54) is 64.2 Å². The molecule has 0 aliphatic carbocycles. The van der Waals surface area contributed by atoms with Gasteiger partial charge >= 0.3 is 0 Å². The highest BCUT2D eigenvalue weighted by Crippen LogP contribution is 2.24. The third-order valence-electron chi connectivity index (χ3n) is 4.87. The van der Waals surface area contributed by atoms with Gasteiger partial charge in [0.25, 0.3) is 0 Å². The molecule has 0 saturated carbocycles. The largest absolute Gasteiger partial charge is 0.396 e. The number of allylic oxidation sites excluding steroid dienone is 1. The number of rotatable bonds is 18. The molecule has 0 atom stereocenters. The number of unbranched alkanes of at least 4 members (excludes halogenated alkanes) is 12. The van der Waals surface area contributed by atoms with Gasteiger partial charge in [0.15, 0.2) is 0 Å². The maximum Gasteiger partial charge on any atom is 0.0531 e. The molecule has 3 heteroatoms. The second-order valence-electron chi connectivity index (χ2n) is 7.04. The molecule has 0 unspecified atom stereocenters. The van der Waals surface area contributed by atoms with Crippen LogP contribution in [-0.2, 0) is 0 Å². The fourth-order valence-electron chi connectivity index (χ4n) is 2.94. The summed E-state index contributed by atoms with van der Waals surface area (Å²) in [6.07, 6.45) is 19.3. The number of aliphatic hydroxyl groups excluding tert-OH is 3. The van der Waals surface area contributed by atoms with Crippen molar-refractivity contribution in [3.63, 3.8) is 0 Å². The van der Waals surface area contributed by atoms with E-state index in [0.717, 1.165) is 19.3 Å². The van der Waals surface area contributed by atoms with Gasteiger partial charge in [-0.15, -0.1) is 6.58 Å². The summed E-state index contributed by atoms with van der Waals surface area (Å²) in [4.78, 5) is 0. The summed E-state index contributed by atoms with van der Waals surface area (Å²) in [6, 6.07) is 0. The smallest absolute Gasteiger partial charge is 0.0531 e. The molecule has 0 aromatic rings. The molecule has 23 heavy (non-hydrogen) atoms. The Morgan fingerprint density at radius 1 is 0.565 bits per heavy atom. The molecular weight excluding hydrogens is 288 g/mol. The zero-order chi connectivity index (χ0) is 17.2. The van der Waals surface area contributed by atoms with Gasteiger partial charge in [0.05, 0.1) is 19.8 Å². The van der Waals surface area contributed by atoms with Gasteiger partial charge in [-0.1, -0.05) is 76.7 Å². The van der Waals surface area contributed by atoms with E-state index in [0.29, 0.717) is 6.42 Å². The molecule has 0 saturated heterocycles. The van der Waals surface area contributed by atoms with Crippen LogP contribution in [0.15, 0.2) is 12.7 Å². The molecule has 0 aromatic carbocycles. The maximum atomic E-state index is 9.26. The van der Waals surface area contributed by atoms with E-state index in [1.54, 1.807) is 0 Å². The Balaban J connectivity index is 3.26. The summed E-state index contributed by atoms with van der Waals surface area (Å²) in [5, 5.41) is 27.8. The van der Waals surface area contributed by atoms with Crippen LogP contribution in [0.1, 0.15) is 89.9 Å². The van der Waals surface area contributed by atoms with Gasteiger partial charge in [-0.25, -0.2) is 0 Å². The van der Waals surface area contributed by atoms with Gasteiger partial charge in [0, 0.05) is 5.41 Å². The normalized spacial score (nSPS) is 11.8. The van der Waals surface area contributed by atoms with Crippen LogP contribution in [0.4, 0.5) is 0 Å². The van der Waals surface area contributed by atoms with Gasteiger partial charge in [-0.2, -0.15) is 0 Å². The Labute approximate surface area is 143 Å². The summed E-state index contributed by atoms with van der Waals surface area (Å²) in [7, 11) is 0. The van der Waals surface area contributed by atoms with Gasteiger partial charge in [0.2, 0.25) is 0 Å². The van der Waals surface area contributed by atoms with Gasteiger partial charge in [-0.05, 0) is 19.3 Å². The quantitative estimate of drug-likeness (QED) is 0.255. The molecule has 0 bridgehead atoms. The number of hydrogen-bond acceptors (Lipinski definition) is 3. The van der Waals surface area contributed by atoms with Crippen LogP contribution >= 0.6 is 0 Å². The third kappa shape index (κ3) is 12.7. The average Bonchev–Trinajstić information content (AvgIpc) is 2.59. The van der Waals surface area contributed by atoms with Gasteiger partial charge in [0.1, 0.15) is 0 Å². The summed E-state index contributed by atoms with van der Waals surface area (Å²) in [5.41, 5.74) is -0.675. The molecule has 0 aromatic heterocycles. The third-order valence-corrected chi connectivity index (χ3v) is 4.87. The molecule has 0 spiro atoms. The lowest BCUT2D eigenvalue weighted by Crippen LogP contribution is -2.33. The Morgan fingerprint density at radius 2 is 0.913 bits per heavy atom. The molecule has 0 fully saturated rings. The van der Waals surface area contributed by atoms with Gasteiger partial charge < -0.3 is 15.3 Å². The second-order valence-corrected chi connectivity index (χ2v) is 7.04. The van der Waals surface area contributed by atoms with Crippen LogP contribution in [0, 0.1) is 5.41 Å². The lowest BCUT2D eigenvalue weighted by atomic mass is 9.85. The minimum Gasteiger partial charge on any atom is -0.396 e. The molecule has 0 aliphatic rings. The molecule has 0 radical (unpaired) electrons. The van der Waals surface area contributed by atoms with Crippen LogP contribution in [0.2, 0.25) is 0 Å². The monoisotopic (exact) mass is 328 g/mol. The maximum absolute atomic E-state index is 9.26. The molecule has 138 valence electrons. The lowest BCUT2D eigenvalue weighted by Gasteiger charge is -2.27. The highest BCUT2D eigenvalue weighted by Gasteiger charge is 2.26. The summed E-state index contributed by atoms with van der Waals surface area (Å²) < 4.78 is 0. The summed E-state index contributed by atoms with van der Waals surface area (Å²) >= 11 is 0. The zero-order valence-corrected chi connectivity index (χ0v) is 15.1. The van der Waals surface area contributed by atoms with E-state index in [9.17, 15) is 15.3 Å². The van der Waals surface area contributed by atoms with Crippen molar-refractivity contribution in [2.45, 2.75) is 89.9 Å². The van der Waals surface area contributed by atoms with Crippen LogP contribution in [0.25, 0.3) is 0 Å². The molecule has 0 amide bonds. The minimum atomic E-state index is -0.675. The molecule has 0 rings (SSSR count). The standard InChI is InChI=1S/C20H40O3/c1-2-3-4-5-6-7-8-9-10-11-12-13-14-15-16-20(17-21,18-22)19-23/h2,21-23H,1,3-19H2. The number of hydrogen-bond donors (Lipinski definition) is 3. The van der Waals surface area contributed by atoms with Crippen molar-refractivity contribution in [3.8, 4) is 0 Å². The molecule has 0 heterocycles. The van der Waals surface area contributed by atoms with E-state index < -0.39 is 5.41 Å². The topological polar surface area (TPSA) is 60.7 Å². The van der Waals surface area contributed by atoms with Crippen molar-refractivity contribution in [2.24, 2.45) is 5.41 Å². The van der Waals surface area contributed by atoms with E-state index >= 15 is 0 Å². The van der Waals surface area contributed by atoms with Crippen molar-refractivity contribution in [2.75, 3.05) is 19.8 Å². The Morgan fingerprint density at radius 3 is 1.26 bits per heavy atom. The van der Waals surface area contributed by atoms with Crippen molar-refractivity contribution in [1.29, 1.82) is 0 Å². The highest BCUT2D eigenvalue weighted by molar-refractivity contribution is 4.76. The van der Waals surface area contributed by atoms with Crippen LogP contribution in [0.3, 0.4) is 0 Å². The van der Waals surface area contributed by atoms with E-state index in [4.69, 9.17) is 0 Å². The molecule has 3 nitrogen and oxygen atoms in total. The fourth-order valence-corrected chi connectivity index (χ4v) is 2.94. The zero-order valence-electron chi connectivity index (χ0n) is 15.1. The number of aliphatic hydroxyl groups is 3. The van der Waals surface area contributed by atoms with E-state index in [-0.39, 0.29) is 19.8 Å². The lowest BCUT2D eigenvalue weighted by molar-refractivity contribution is -0.00230. The average molecular weight is 329 g/mol. The van der Waals surface area contributed by atoms with Crippen LogP contribution in [-0.4, -0.2) is 35.1 Å².